The van der Waals surface area contributed by atoms with Gasteiger partial charge in [0.15, 0.2) is 0 Å². The van der Waals surface area contributed by atoms with Gasteiger partial charge in [-0.05, 0) is 70.3 Å². The number of carbonyl (C=O) groups excluding carboxylic acids is 1. The van der Waals surface area contributed by atoms with E-state index in [0.29, 0.717) is 18.4 Å². The Morgan fingerprint density at radius 2 is 2.04 bits per heavy atom. The van der Waals surface area contributed by atoms with Gasteiger partial charge in [0.2, 0.25) is 0 Å². The molecule has 2 unspecified atom stereocenters. The molecule has 1 N–H and O–H groups in total. The van der Waals surface area contributed by atoms with Gasteiger partial charge in [-0.1, -0.05) is 31.9 Å². The Balaban J connectivity index is 2.52. The first kappa shape index (κ1) is 20.0. The molecule has 0 heterocycles. The number of aliphatic hydroxyl groups is 1. The van der Waals surface area contributed by atoms with Crippen molar-refractivity contribution in [2.75, 3.05) is 6.61 Å². The van der Waals surface area contributed by atoms with Crippen LogP contribution in [0.5, 0.6) is 0 Å². The number of ether oxygens (including phenoxy) is 1. The van der Waals surface area contributed by atoms with E-state index in [9.17, 15) is 9.90 Å². The molecule has 0 aliphatic heterocycles. The van der Waals surface area contributed by atoms with Crippen LogP contribution in [0.2, 0.25) is 0 Å². The van der Waals surface area contributed by atoms with Crippen molar-refractivity contribution in [2.24, 2.45) is 11.8 Å². The Labute approximate surface area is 141 Å². The van der Waals surface area contributed by atoms with Crippen molar-refractivity contribution >= 4 is 5.97 Å². The van der Waals surface area contributed by atoms with Crippen LogP contribution in [0.1, 0.15) is 73.1 Å². The van der Waals surface area contributed by atoms with Gasteiger partial charge in [0.25, 0.3) is 0 Å². The first-order valence-electron chi connectivity index (χ1n) is 9.01. The molecule has 0 amide bonds. The lowest BCUT2D eigenvalue weighted by atomic mass is 9.83. The van der Waals surface area contributed by atoms with Crippen LogP contribution in [-0.2, 0) is 9.53 Å². The van der Waals surface area contributed by atoms with Gasteiger partial charge in [-0.3, -0.25) is 0 Å². The minimum atomic E-state index is -0.598. The Morgan fingerprint density at radius 3 is 2.65 bits per heavy atom. The van der Waals surface area contributed by atoms with E-state index in [1.54, 1.807) is 6.08 Å². The first-order valence-corrected chi connectivity index (χ1v) is 9.01. The molecule has 0 aromatic heterocycles. The van der Waals surface area contributed by atoms with Crippen LogP contribution in [0.25, 0.3) is 0 Å². The lowest BCUT2D eigenvalue weighted by Crippen LogP contribution is -2.28. The molecule has 23 heavy (non-hydrogen) atoms. The predicted molar refractivity (Wildman–Crippen MR) is 95.1 cm³/mol. The summed E-state index contributed by atoms with van der Waals surface area (Å²) >= 11 is 0. The number of esters is 1. The maximum absolute atomic E-state index is 11.6. The second-order valence-electron chi connectivity index (χ2n) is 7.57. The fraction of sp³-hybridized carbons (Fsp3) is 0.750. The average molecular weight is 322 g/mol. The Hall–Kier alpha value is -1.09. The summed E-state index contributed by atoms with van der Waals surface area (Å²) in [6.45, 7) is 10.4. The first-order chi connectivity index (χ1) is 10.7. The number of hydrogen-bond acceptors (Lipinski definition) is 3. The van der Waals surface area contributed by atoms with Crippen LogP contribution in [0.3, 0.4) is 0 Å². The van der Waals surface area contributed by atoms with Gasteiger partial charge < -0.3 is 9.84 Å². The van der Waals surface area contributed by atoms with Crippen LogP contribution in [0.15, 0.2) is 23.3 Å². The monoisotopic (exact) mass is 322 g/mol. The molecule has 0 radical (unpaired) electrons. The Morgan fingerprint density at radius 1 is 1.35 bits per heavy atom. The van der Waals surface area contributed by atoms with E-state index in [-0.39, 0.29) is 5.97 Å². The highest BCUT2D eigenvalue weighted by Crippen LogP contribution is 2.30. The Kier molecular flexibility index (Phi) is 8.04. The summed E-state index contributed by atoms with van der Waals surface area (Å²) in [5, 5.41) is 10.0. The molecule has 1 aliphatic rings. The van der Waals surface area contributed by atoms with Gasteiger partial charge in [0.05, 0.1) is 12.2 Å². The third kappa shape index (κ3) is 7.83. The fourth-order valence-electron chi connectivity index (χ4n) is 2.97. The molecule has 0 saturated heterocycles. The molecule has 0 fully saturated rings. The van der Waals surface area contributed by atoms with E-state index in [2.05, 4.69) is 19.9 Å². The summed E-state index contributed by atoms with van der Waals surface area (Å²) in [5.74, 6) is 0.685. The van der Waals surface area contributed by atoms with Crippen molar-refractivity contribution in [3.05, 3.63) is 23.3 Å². The zero-order valence-electron chi connectivity index (χ0n) is 15.5. The topological polar surface area (TPSA) is 46.5 Å². The minimum Gasteiger partial charge on any atom is -0.463 e. The molecule has 3 heteroatoms. The van der Waals surface area contributed by atoms with Gasteiger partial charge in [-0.2, -0.15) is 0 Å². The van der Waals surface area contributed by atoms with Gasteiger partial charge in [-0.25, -0.2) is 4.79 Å². The molecule has 0 bridgehead atoms. The molecular weight excluding hydrogens is 288 g/mol. The van der Waals surface area contributed by atoms with Gasteiger partial charge >= 0.3 is 5.97 Å². The van der Waals surface area contributed by atoms with Crippen LogP contribution < -0.4 is 0 Å². The maximum atomic E-state index is 11.6. The van der Waals surface area contributed by atoms with Crippen molar-refractivity contribution in [1.82, 2.24) is 0 Å². The zero-order chi connectivity index (χ0) is 17.5. The summed E-state index contributed by atoms with van der Waals surface area (Å²) in [7, 11) is 0. The molecule has 0 spiro atoms. The van der Waals surface area contributed by atoms with Gasteiger partial charge in [0, 0.05) is 6.08 Å². The molecule has 1 rings (SSSR count). The summed E-state index contributed by atoms with van der Waals surface area (Å²) in [4.78, 5) is 11.6. The second-order valence-corrected chi connectivity index (χ2v) is 7.57. The molecule has 0 aromatic carbocycles. The number of rotatable bonds is 8. The van der Waals surface area contributed by atoms with Gasteiger partial charge in [-0.15, -0.1) is 0 Å². The molecule has 132 valence electrons. The van der Waals surface area contributed by atoms with Crippen molar-refractivity contribution in [1.29, 1.82) is 0 Å². The minimum absolute atomic E-state index is 0.230. The van der Waals surface area contributed by atoms with E-state index in [1.807, 2.05) is 20.8 Å². The maximum Gasteiger partial charge on any atom is 0.331 e. The molecule has 2 atom stereocenters. The zero-order valence-corrected chi connectivity index (χ0v) is 15.5. The predicted octanol–water partition coefficient (Wildman–Crippen LogP) is 4.80. The molecule has 0 aromatic rings. The molecule has 0 saturated carbocycles. The fourth-order valence-corrected chi connectivity index (χ4v) is 2.97. The van der Waals surface area contributed by atoms with Crippen LogP contribution in [0, 0.1) is 11.8 Å². The van der Waals surface area contributed by atoms with Crippen LogP contribution >= 0.6 is 0 Å². The lowest BCUT2D eigenvalue weighted by molar-refractivity contribution is -0.137. The molecular formula is C20H34O3. The van der Waals surface area contributed by atoms with Crippen molar-refractivity contribution in [3.63, 3.8) is 0 Å². The second kappa shape index (κ2) is 9.27. The summed E-state index contributed by atoms with van der Waals surface area (Å²) < 4.78 is 4.99. The van der Waals surface area contributed by atoms with Gasteiger partial charge in [0.1, 0.15) is 0 Å². The molecule has 1 aliphatic carbocycles. The largest absolute Gasteiger partial charge is 0.463 e. The number of hydrogen-bond donors (Lipinski definition) is 1. The summed E-state index contributed by atoms with van der Waals surface area (Å²) in [6, 6.07) is 0. The SMILES string of the molecule is CCOC(=O)/C=C1/C=C(CC(C)CCC(C)C(C)(C)O)CCC1. The van der Waals surface area contributed by atoms with E-state index >= 15 is 0 Å². The summed E-state index contributed by atoms with van der Waals surface area (Å²) in [6.07, 6.45) is 10.3. The van der Waals surface area contributed by atoms with E-state index < -0.39 is 5.60 Å². The number of allylic oxidation sites excluding steroid dienone is 3. The van der Waals surface area contributed by atoms with Crippen molar-refractivity contribution in [3.8, 4) is 0 Å². The smallest absolute Gasteiger partial charge is 0.331 e. The summed E-state index contributed by atoms with van der Waals surface area (Å²) in [5.41, 5.74) is 1.94. The third-order valence-corrected chi connectivity index (χ3v) is 4.85. The lowest BCUT2D eigenvalue weighted by Gasteiger charge is -2.27. The molecule has 3 nitrogen and oxygen atoms in total. The van der Waals surface area contributed by atoms with E-state index in [4.69, 9.17) is 4.74 Å². The Bertz CT molecular complexity index is 440. The normalized spacial score (nSPS) is 20.1. The van der Waals surface area contributed by atoms with Crippen LogP contribution in [0.4, 0.5) is 0 Å². The van der Waals surface area contributed by atoms with E-state index in [0.717, 1.165) is 44.1 Å². The number of carbonyl (C=O) groups is 1. The highest BCUT2D eigenvalue weighted by molar-refractivity contribution is 5.83. The van der Waals surface area contributed by atoms with Crippen molar-refractivity contribution < 1.29 is 14.6 Å². The average Bonchev–Trinajstić information content (AvgIpc) is 2.44. The highest BCUT2D eigenvalue weighted by atomic mass is 16.5. The highest BCUT2D eigenvalue weighted by Gasteiger charge is 2.22. The quantitative estimate of drug-likeness (QED) is 0.516. The van der Waals surface area contributed by atoms with Crippen LogP contribution in [-0.4, -0.2) is 23.3 Å². The van der Waals surface area contributed by atoms with E-state index in [1.165, 1.54) is 5.57 Å². The van der Waals surface area contributed by atoms with Crippen molar-refractivity contribution in [2.45, 2.75) is 78.7 Å². The third-order valence-electron chi connectivity index (χ3n) is 4.85. The standard InChI is InChI=1S/C20H34O3/c1-6-23-19(21)14-18-9-7-8-17(13-18)12-15(2)10-11-16(3)20(4,5)22/h13-16,22H,6-12H2,1-5H3/b18-14+.